The number of anilines is 1. The molecule has 2 heterocycles. The number of hydrogen-bond donors (Lipinski definition) is 1. The summed E-state index contributed by atoms with van der Waals surface area (Å²) >= 11 is 0. The lowest BCUT2D eigenvalue weighted by Crippen LogP contribution is -2.43. The minimum Gasteiger partial charge on any atom is -0.490 e. The van der Waals surface area contributed by atoms with Gasteiger partial charge in [0.25, 0.3) is 0 Å². The highest BCUT2D eigenvalue weighted by Gasteiger charge is 2.53. The summed E-state index contributed by atoms with van der Waals surface area (Å²) in [5.74, 6) is 0.763. The summed E-state index contributed by atoms with van der Waals surface area (Å²) in [5.41, 5.74) is 1.66. The number of fused-ring (bicyclic) bond motifs is 1. The first kappa shape index (κ1) is 19.6. The van der Waals surface area contributed by atoms with E-state index in [0.29, 0.717) is 0 Å². The van der Waals surface area contributed by atoms with Crippen LogP contribution >= 0.6 is 0 Å². The van der Waals surface area contributed by atoms with Crippen molar-refractivity contribution in [3.63, 3.8) is 0 Å². The molecule has 0 spiro atoms. The Morgan fingerprint density at radius 1 is 1.18 bits per heavy atom. The van der Waals surface area contributed by atoms with Crippen molar-refractivity contribution >= 4 is 24.4 Å². The molecule has 28 heavy (non-hydrogen) atoms. The van der Waals surface area contributed by atoms with Crippen LogP contribution in [0.5, 0.6) is 5.75 Å². The van der Waals surface area contributed by atoms with Gasteiger partial charge in [0.1, 0.15) is 5.75 Å². The SMILES string of the molecule is CC1CCc2c(ccc(B3OC(C)(C)C(C)(C)O3)c2OC2CCC2)N1C(=O)O. The summed E-state index contributed by atoms with van der Waals surface area (Å²) in [6.07, 6.45) is 4.06. The monoisotopic (exact) mass is 387 g/mol. The number of rotatable bonds is 3. The Labute approximate surface area is 167 Å². The van der Waals surface area contributed by atoms with Crippen LogP contribution in [0.2, 0.25) is 0 Å². The van der Waals surface area contributed by atoms with Gasteiger partial charge in [0.05, 0.1) is 23.0 Å². The van der Waals surface area contributed by atoms with Gasteiger partial charge in [-0.15, -0.1) is 0 Å². The third-order valence-electron chi connectivity index (χ3n) is 6.83. The summed E-state index contributed by atoms with van der Waals surface area (Å²) in [4.78, 5) is 13.3. The molecule has 6 nitrogen and oxygen atoms in total. The Kier molecular flexibility index (Phi) is 4.66. The maximum absolute atomic E-state index is 11.9. The van der Waals surface area contributed by atoms with E-state index >= 15 is 0 Å². The highest BCUT2D eigenvalue weighted by Crippen LogP contribution is 2.41. The fourth-order valence-electron chi connectivity index (χ4n) is 4.06. The van der Waals surface area contributed by atoms with E-state index in [1.54, 1.807) is 0 Å². The molecule has 4 rings (SSSR count). The molecule has 2 aliphatic heterocycles. The van der Waals surface area contributed by atoms with E-state index in [-0.39, 0.29) is 12.1 Å². The zero-order valence-corrected chi connectivity index (χ0v) is 17.4. The van der Waals surface area contributed by atoms with Gasteiger partial charge >= 0.3 is 13.2 Å². The normalized spacial score (nSPS) is 26.0. The maximum Gasteiger partial charge on any atom is 0.498 e. The second-order valence-electron chi connectivity index (χ2n) is 9.28. The van der Waals surface area contributed by atoms with Crippen LogP contribution in [0.15, 0.2) is 12.1 Å². The average Bonchev–Trinajstić information content (AvgIpc) is 2.77. The Balaban J connectivity index is 1.78. The van der Waals surface area contributed by atoms with Crippen molar-refractivity contribution in [2.45, 2.75) is 90.1 Å². The van der Waals surface area contributed by atoms with Gasteiger partial charge in [0.15, 0.2) is 0 Å². The largest absolute Gasteiger partial charge is 0.498 e. The highest BCUT2D eigenvalue weighted by molar-refractivity contribution is 6.63. The first-order valence-corrected chi connectivity index (χ1v) is 10.3. The third-order valence-corrected chi connectivity index (χ3v) is 6.83. The zero-order valence-electron chi connectivity index (χ0n) is 17.4. The standard InChI is InChI=1S/C21H30BNO5/c1-13-9-10-15-17(23(13)19(24)25)12-11-16(18(15)26-14-7-6-8-14)22-27-20(2,3)21(4,5)28-22/h11-14H,6-10H2,1-5H3,(H,24,25). The van der Waals surface area contributed by atoms with Crippen molar-refractivity contribution in [2.75, 3.05) is 4.90 Å². The molecule has 3 aliphatic rings. The van der Waals surface area contributed by atoms with Crippen LogP contribution < -0.4 is 15.1 Å². The van der Waals surface area contributed by atoms with Gasteiger partial charge in [-0.1, -0.05) is 6.07 Å². The number of carboxylic acid groups (broad SMARTS) is 1. The lowest BCUT2D eigenvalue weighted by atomic mass is 9.75. The van der Waals surface area contributed by atoms with Crippen molar-refractivity contribution in [1.82, 2.24) is 0 Å². The number of benzene rings is 1. The first-order valence-electron chi connectivity index (χ1n) is 10.3. The van der Waals surface area contributed by atoms with Crippen molar-refractivity contribution in [2.24, 2.45) is 0 Å². The Morgan fingerprint density at radius 2 is 1.82 bits per heavy atom. The lowest BCUT2D eigenvalue weighted by Gasteiger charge is -2.36. The molecular formula is C21H30BNO5. The maximum atomic E-state index is 11.9. The number of hydrogen-bond acceptors (Lipinski definition) is 4. The summed E-state index contributed by atoms with van der Waals surface area (Å²) in [5, 5.41) is 9.74. The summed E-state index contributed by atoms with van der Waals surface area (Å²) in [7, 11) is -0.525. The predicted octanol–water partition coefficient (Wildman–Crippen LogP) is 3.74. The third kappa shape index (κ3) is 3.09. The molecule has 1 aromatic rings. The van der Waals surface area contributed by atoms with Crippen molar-refractivity contribution in [3.05, 3.63) is 17.7 Å². The van der Waals surface area contributed by atoms with Gasteiger partial charge < -0.3 is 19.2 Å². The van der Waals surface area contributed by atoms with Gasteiger partial charge in [-0.2, -0.15) is 0 Å². The van der Waals surface area contributed by atoms with Gasteiger partial charge in [0, 0.05) is 17.1 Å². The molecule has 7 heteroatoms. The smallest absolute Gasteiger partial charge is 0.490 e. The molecule has 1 unspecified atom stereocenters. The topological polar surface area (TPSA) is 68.2 Å². The summed E-state index contributed by atoms with van der Waals surface area (Å²) in [6, 6.07) is 3.75. The molecule has 0 bridgehead atoms. The fourth-order valence-corrected chi connectivity index (χ4v) is 4.06. The van der Waals surface area contributed by atoms with E-state index in [2.05, 4.69) is 0 Å². The first-order chi connectivity index (χ1) is 13.1. The molecule has 1 amide bonds. The molecule has 1 N–H and O–H groups in total. The Morgan fingerprint density at radius 3 is 2.36 bits per heavy atom. The second-order valence-corrected chi connectivity index (χ2v) is 9.28. The van der Waals surface area contributed by atoms with Gasteiger partial charge in [0.2, 0.25) is 0 Å². The van der Waals surface area contributed by atoms with E-state index in [1.807, 2.05) is 46.8 Å². The molecule has 152 valence electrons. The minimum absolute atomic E-state index is 0.0516. The molecule has 1 aliphatic carbocycles. The lowest BCUT2D eigenvalue weighted by molar-refractivity contribution is 0.00578. The molecule has 1 atom stereocenters. The highest BCUT2D eigenvalue weighted by atomic mass is 16.7. The number of amides is 1. The van der Waals surface area contributed by atoms with Gasteiger partial charge in [-0.3, -0.25) is 4.90 Å². The molecule has 1 saturated heterocycles. The molecular weight excluding hydrogens is 357 g/mol. The average molecular weight is 387 g/mol. The number of nitrogens with zero attached hydrogens (tertiary/aromatic N) is 1. The minimum atomic E-state index is -0.925. The van der Waals surface area contributed by atoms with Crippen molar-refractivity contribution in [3.8, 4) is 5.75 Å². The molecule has 0 aromatic heterocycles. The van der Waals surface area contributed by atoms with Crippen LogP contribution in [-0.2, 0) is 15.7 Å². The van der Waals surface area contributed by atoms with E-state index < -0.39 is 24.4 Å². The van der Waals surface area contributed by atoms with E-state index in [1.165, 1.54) is 11.3 Å². The van der Waals surface area contributed by atoms with E-state index in [0.717, 1.165) is 48.1 Å². The van der Waals surface area contributed by atoms with Crippen LogP contribution in [0, 0.1) is 0 Å². The molecule has 1 saturated carbocycles. The number of ether oxygens (including phenoxy) is 1. The second kappa shape index (κ2) is 6.66. The molecule has 2 fully saturated rings. The van der Waals surface area contributed by atoms with Crippen LogP contribution in [0.25, 0.3) is 0 Å². The number of carbonyl (C=O) groups is 1. The van der Waals surface area contributed by atoms with Crippen LogP contribution in [0.4, 0.5) is 10.5 Å². The van der Waals surface area contributed by atoms with Gasteiger partial charge in [-0.05, 0) is 72.8 Å². The quantitative estimate of drug-likeness (QED) is 0.801. The molecule has 1 aromatic carbocycles. The zero-order chi connectivity index (χ0) is 20.3. The van der Waals surface area contributed by atoms with Gasteiger partial charge in [-0.25, -0.2) is 4.79 Å². The van der Waals surface area contributed by atoms with E-state index in [4.69, 9.17) is 14.0 Å². The van der Waals surface area contributed by atoms with Crippen molar-refractivity contribution < 1.29 is 23.9 Å². The Hall–Kier alpha value is -1.73. The predicted molar refractivity (Wildman–Crippen MR) is 109 cm³/mol. The summed E-state index contributed by atoms with van der Waals surface area (Å²) < 4.78 is 19.0. The molecule has 0 radical (unpaired) electrons. The Bertz CT molecular complexity index is 773. The van der Waals surface area contributed by atoms with Crippen LogP contribution in [0.3, 0.4) is 0 Å². The van der Waals surface area contributed by atoms with Crippen LogP contribution in [0.1, 0.15) is 65.9 Å². The van der Waals surface area contributed by atoms with E-state index in [9.17, 15) is 9.90 Å². The summed E-state index contributed by atoms with van der Waals surface area (Å²) in [6.45, 7) is 10.1. The fraction of sp³-hybridized carbons (Fsp3) is 0.667. The van der Waals surface area contributed by atoms with Crippen LogP contribution in [-0.4, -0.2) is 41.7 Å². The van der Waals surface area contributed by atoms with Crippen molar-refractivity contribution in [1.29, 1.82) is 0 Å².